The van der Waals surface area contributed by atoms with Crippen molar-refractivity contribution in [1.82, 2.24) is 4.90 Å². The third-order valence-electron chi connectivity index (χ3n) is 4.66. The summed E-state index contributed by atoms with van der Waals surface area (Å²) in [4.78, 5) is 25.3. The summed E-state index contributed by atoms with van der Waals surface area (Å²) in [6, 6.07) is 9.36. The SMILES string of the molecule is O=C(O)c1ccc(SCCN2C(=O)CC[C@@H]2/C=C/[C@@H](O)Cc2ccc(F)cc2)s1. The molecule has 1 aliphatic heterocycles. The highest BCUT2D eigenvalue weighted by atomic mass is 32.2. The third kappa shape index (κ3) is 6.16. The van der Waals surface area contributed by atoms with E-state index in [-0.39, 0.29) is 17.8 Å². The van der Waals surface area contributed by atoms with Gasteiger partial charge in [0.2, 0.25) is 5.91 Å². The van der Waals surface area contributed by atoms with Crippen LogP contribution in [0.3, 0.4) is 0 Å². The van der Waals surface area contributed by atoms with Crippen molar-refractivity contribution in [3.63, 3.8) is 0 Å². The van der Waals surface area contributed by atoms with Crippen LogP contribution in [0.5, 0.6) is 0 Å². The van der Waals surface area contributed by atoms with Crippen LogP contribution in [0.25, 0.3) is 0 Å². The number of thiophene rings is 1. The number of nitrogens with zero attached hydrogens (tertiary/aromatic N) is 1. The van der Waals surface area contributed by atoms with Gasteiger partial charge in [0, 0.05) is 25.1 Å². The number of carboxylic acids is 1. The van der Waals surface area contributed by atoms with Gasteiger partial charge in [-0.05, 0) is 36.2 Å². The largest absolute Gasteiger partial charge is 0.477 e. The zero-order valence-corrected chi connectivity index (χ0v) is 17.3. The Morgan fingerprint density at radius 1 is 1.31 bits per heavy atom. The Morgan fingerprint density at radius 2 is 2.07 bits per heavy atom. The second kappa shape index (κ2) is 10.0. The van der Waals surface area contributed by atoms with Crippen molar-refractivity contribution in [3.05, 3.63) is 64.8 Å². The molecule has 1 aliphatic rings. The summed E-state index contributed by atoms with van der Waals surface area (Å²) >= 11 is 2.76. The number of aliphatic hydroxyl groups excluding tert-OH is 1. The molecule has 1 saturated heterocycles. The number of halogens is 1. The minimum atomic E-state index is -0.930. The lowest BCUT2D eigenvalue weighted by Gasteiger charge is -2.22. The fourth-order valence-electron chi connectivity index (χ4n) is 3.19. The predicted octanol–water partition coefficient (Wildman–Crippen LogP) is 3.83. The molecule has 0 unspecified atom stereocenters. The second-order valence-electron chi connectivity index (χ2n) is 6.75. The summed E-state index contributed by atoms with van der Waals surface area (Å²) in [6.45, 7) is 0.562. The molecule has 2 N–H and O–H groups in total. The summed E-state index contributed by atoms with van der Waals surface area (Å²) in [5, 5.41) is 19.2. The Hall–Kier alpha value is -2.16. The van der Waals surface area contributed by atoms with Gasteiger partial charge in [-0.3, -0.25) is 4.79 Å². The molecule has 0 spiro atoms. The Morgan fingerprint density at radius 3 is 2.76 bits per heavy atom. The van der Waals surface area contributed by atoms with Gasteiger partial charge in [-0.2, -0.15) is 0 Å². The summed E-state index contributed by atoms with van der Waals surface area (Å²) in [5.41, 5.74) is 0.844. The Bertz CT molecular complexity index is 881. The van der Waals surface area contributed by atoms with E-state index in [2.05, 4.69) is 0 Å². The molecule has 2 atom stereocenters. The highest BCUT2D eigenvalue weighted by molar-refractivity contribution is 8.01. The lowest BCUT2D eigenvalue weighted by atomic mass is 10.1. The monoisotopic (exact) mass is 435 g/mol. The van der Waals surface area contributed by atoms with Crippen LogP contribution in [0.1, 0.15) is 28.1 Å². The Balaban J connectivity index is 1.50. The second-order valence-corrected chi connectivity index (χ2v) is 9.23. The van der Waals surface area contributed by atoms with E-state index in [1.165, 1.54) is 35.2 Å². The van der Waals surface area contributed by atoms with Crippen molar-refractivity contribution in [2.75, 3.05) is 12.3 Å². The topological polar surface area (TPSA) is 77.8 Å². The van der Waals surface area contributed by atoms with Gasteiger partial charge >= 0.3 is 5.97 Å². The maximum absolute atomic E-state index is 13.0. The molecule has 1 aromatic heterocycles. The minimum Gasteiger partial charge on any atom is -0.477 e. The molecule has 8 heteroatoms. The molecule has 0 radical (unpaired) electrons. The molecular formula is C21H22FNO4S2. The van der Waals surface area contributed by atoms with E-state index in [9.17, 15) is 19.1 Å². The molecule has 5 nitrogen and oxygen atoms in total. The van der Waals surface area contributed by atoms with Crippen LogP contribution in [0.2, 0.25) is 0 Å². The molecule has 154 valence electrons. The molecule has 2 heterocycles. The first-order valence-corrected chi connectivity index (χ1v) is 11.1. The number of thioether (sulfide) groups is 1. The zero-order valence-electron chi connectivity index (χ0n) is 15.7. The number of aliphatic hydroxyl groups is 1. The third-order valence-corrected chi connectivity index (χ3v) is 6.94. The number of hydrogen-bond acceptors (Lipinski definition) is 5. The number of aromatic carboxylic acids is 1. The van der Waals surface area contributed by atoms with Crippen LogP contribution in [0.15, 0.2) is 52.8 Å². The van der Waals surface area contributed by atoms with Gasteiger partial charge in [0.1, 0.15) is 10.7 Å². The summed E-state index contributed by atoms with van der Waals surface area (Å²) in [7, 11) is 0. The van der Waals surface area contributed by atoms with Crippen molar-refractivity contribution in [3.8, 4) is 0 Å². The van der Waals surface area contributed by atoms with Crippen molar-refractivity contribution >= 4 is 35.0 Å². The smallest absolute Gasteiger partial charge is 0.345 e. The van der Waals surface area contributed by atoms with E-state index < -0.39 is 12.1 Å². The number of carbonyl (C=O) groups excluding carboxylic acids is 1. The summed E-state index contributed by atoms with van der Waals surface area (Å²) in [5.74, 6) is -0.474. The molecule has 0 bridgehead atoms. The van der Waals surface area contributed by atoms with Gasteiger partial charge in [0.25, 0.3) is 0 Å². The number of hydrogen-bond donors (Lipinski definition) is 2. The average molecular weight is 436 g/mol. The highest BCUT2D eigenvalue weighted by Crippen LogP contribution is 2.28. The number of carboxylic acid groups (broad SMARTS) is 1. The predicted molar refractivity (Wildman–Crippen MR) is 112 cm³/mol. The van der Waals surface area contributed by atoms with Gasteiger partial charge in [-0.15, -0.1) is 23.1 Å². The fourth-order valence-corrected chi connectivity index (χ4v) is 5.17. The number of likely N-dealkylation sites (tertiary alicyclic amines) is 1. The molecule has 0 saturated carbocycles. The van der Waals surface area contributed by atoms with Crippen molar-refractivity contribution in [1.29, 1.82) is 0 Å². The van der Waals surface area contributed by atoms with Crippen LogP contribution in [-0.2, 0) is 11.2 Å². The fraction of sp³-hybridized carbons (Fsp3) is 0.333. The molecule has 1 aromatic carbocycles. The first-order valence-electron chi connectivity index (χ1n) is 9.28. The van der Waals surface area contributed by atoms with Gasteiger partial charge in [-0.1, -0.05) is 24.3 Å². The maximum atomic E-state index is 13.0. The molecule has 2 aromatic rings. The number of carbonyl (C=O) groups is 2. The van der Waals surface area contributed by atoms with E-state index in [0.717, 1.165) is 9.77 Å². The van der Waals surface area contributed by atoms with Crippen LogP contribution in [0, 0.1) is 5.82 Å². The number of amides is 1. The molecule has 29 heavy (non-hydrogen) atoms. The zero-order chi connectivity index (χ0) is 20.8. The minimum absolute atomic E-state index is 0.0520. The van der Waals surface area contributed by atoms with Gasteiger partial charge in [0.05, 0.1) is 16.4 Å². The van der Waals surface area contributed by atoms with E-state index in [0.29, 0.717) is 36.4 Å². The van der Waals surface area contributed by atoms with Crippen molar-refractivity contribution < 1.29 is 24.2 Å². The normalized spacial score (nSPS) is 17.9. The van der Waals surface area contributed by atoms with E-state index in [1.807, 2.05) is 6.08 Å². The average Bonchev–Trinajstić information content (AvgIpc) is 3.30. The van der Waals surface area contributed by atoms with Crippen molar-refractivity contribution in [2.24, 2.45) is 0 Å². The molecular weight excluding hydrogens is 413 g/mol. The molecule has 0 aliphatic carbocycles. The maximum Gasteiger partial charge on any atom is 0.345 e. The summed E-state index contributed by atoms with van der Waals surface area (Å²) in [6.07, 6.45) is 4.45. The lowest BCUT2D eigenvalue weighted by Crippen LogP contribution is -2.33. The van der Waals surface area contributed by atoms with Crippen LogP contribution in [0.4, 0.5) is 4.39 Å². The van der Waals surface area contributed by atoms with E-state index in [4.69, 9.17) is 5.11 Å². The highest BCUT2D eigenvalue weighted by Gasteiger charge is 2.28. The van der Waals surface area contributed by atoms with Crippen molar-refractivity contribution in [2.45, 2.75) is 35.6 Å². The number of benzene rings is 1. The standard InChI is InChI=1S/C21H22FNO4S2/c22-15-3-1-14(2-4-15)13-17(24)7-5-16-6-9-19(25)23(16)11-12-28-20-10-8-18(29-20)21(26)27/h1-5,7-8,10,16-17,24H,6,9,11-13H2,(H,26,27)/b7-5+/t16-,17+/m0/s1. The van der Waals surface area contributed by atoms with Gasteiger partial charge < -0.3 is 15.1 Å². The quantitative estimate of drug-likeness (QED) is 0.462. The number of rotatable bonds is 9. The molecule has 1 fully saturated rings. The van der Waals surface area contributed by atoms with Crippen LogP contribution >= 0.6 is 23.1 Å². The van der Waals surface area contributed by atoms with Crippen LogP contribution < -0.4 is 0 Å². The van der Waals surface area contributed by atoms with E-state index >= 15 is 0 Å². The molecule has 3 rings (SSSR count). The van der Waals surface area contributed by atoms with Gasteiger partial charge in [0.15, 0.2) is 0 Å². The summed E-state index contributed by atoms with van der Waals surface area (Å²) < 4.78 is 13.9. The van der Waals surface area contributed by atoms with Gasteiger partial charge in [-0.25, -0.2) is 9.18 Å². The Kier molecular flexibility index (Phi) is 7.46. The lowest BCUT2D eigenvalue weighted by molar-refractivity contribution is -0.128. The molecule has 1 amide bonds. The van der Waals surface area contributed by atoms with Crippen LogP contribution in [-0.4, -0.2) is 51.4 Å². The Labute approximate surface area is 176 Å². The van der Waals surface area contributed by atoms with E-state index in [1.54, 1.807) is 35.2 Å². The first kappa shape index (κ1) is 21.5. The first-order chi connectivity index (χ1) is 13.9.